The molecule has 1 amide bonds. The highest BCUT2D eigenvalue weighted by molar-refractivity contribution is 6.30. The van der Waals surface area contributed by atoms with Gasteiger partial charge in [0.15, 0.2) is 0 Å². The number of esters is 1. The molecule has 1 aliphatic heterocycles. The molecule has 2 aromatic carbocycles. The van der Waals surface area contributed by atoms with Gasteiger partial charge in [0.1, 0.15) is 6.04 Å². The minimum atomic E-state index is -0.518. The van der Waals surface area contributed by atoms with Gasteiger partial charge >= 0.3 is 5.97 Å². The summed E-state index contributed by atoms with van der Waals surface area (Å²) in [5.41, 5.74) is 1.02. The van der Waals surface area contributed by atoms with E-state index in [0.29, 0.717) is 24.5 Å². The third kappa shape index (κ3) is 7.86. The van der Waals surface area contributed by atoms with Crippen LogP contribution in [0.25, 0.3) is 0 Å². The lowest BCUT2D eigenvalue weighted by Gasteiger charge is -2.40. The summed E-state index contributed by atoms with van der Waals surface area (Å²) in [7, 11) is 0. The van der Waals surface area contributed by atoms with Crippen LogP contribution in [0.4, 0.5) is 0 Å². The van der Waals surface area contributed by atoms with E-state index in [1.54, 1.807) is 4.90 Å². The van der Waals surface area contributed by atoms with Crippen LogP contribution in [0.2, 0.25) is 10.0 Å². The van der Waals surface area contributed by atoms with Gasteiger partial charge in [0.2, 0.25) is 5.91 Å². The number of nitrogens with zero attached hydrogens (tertiary/aromatic N) is 1. The Bertz CT molecular complexity index is 811. The van der Waals surface area contributed by atoms with E-state index in [1.807, 2.05) is 61.5 Å². The van der Waals surface area contributed by atoms with Gasteiger partial charge in [-0.25, -0.2) is 4.79 Å². The van der Waals surface area contributed by atoms with Crippen LogP contribution in [0, 0.1) is 0 Å². The van der Waals surface area contributed by atoms with E-state index >= 15 is 0 Å². The lowest BCUT2D eigenvalue weighted by atomic mass is 9.92. The van der Waals surface area contributed by atoms with E-state index in [4.69, 9.17) is 27.9 Å². The van der Waals surface area contributed by atoms with Crippen molar-refractivity contribution in [2.45, 2.75) is 64.5 Å². The van der Waals surface area contributed by atoms with Gasteiger partial charge in [-0.1, -0.05) is 73.8 Å². The van der Waals surface area contributed by atoms with Gasteiger partial charge in [-0.15, -0.1) is 0 Å². The Morgan fingerprint density at radius 1 is 1.06 bits per heavy atom. The fourth-order valence-electron chi connectivity index (χ4n) is 3.60. The Kier molecular flexibility index (Phi) is 10.9. The minimum Gasteiger partial charge on any atom is -0.464 e. The van der Waals surface area contributed by atoms with E-state index in [0.717, 1.165) is 36.3 Å². The van der Waals surface area contributed by atoms with Gasteiger partial charge < -0.3 is 9.64 Å². The number of benzene rings is 2. The highest BCUT2D eigenvalue weighted by Gasteiger charge is 2.37. The highest BCUT2D eigenvalue weighted by atomic mass is 35.5. The summed E-state index contributed by atoms with van der Waals surface area (Å²) in [6.45, 7) is 4.39. The third-order valence-electron chi connectivity index (χ3n) is 5.22. The molecule has 1 unspecified atom stereocenters. The van der Waals surface area contributed by atoms with Crippen LogP contribution in [0.15, 0.2) is 54.6 Å². The molecular weight excluding hydrogens is 433 g/mol. The second kappa shape index (κ2) is 13.4. The van der Waals surface area contributed by atoms with E-state index in [9.17, 15) is 9.59 Å². The fraction of sp³-hybridized carbons (Fsp3) is 0.440. The monoisotopic (exact) mass is 463 g/mol. The standard InChI is InChI=1S/C19H26ClNO3.C6H5Cl/c1-3-5-13-24-19(23)16(4-2)21-17(7-6-8-18(21)22)14-9-11-15(20)12-10-14;7-6-4-2-1-3-5-6/h9-12,16-17H,3-8,13H2,1-2H3;1-5H/t16?,17-;/m0./s1. The number of piperidine rings is 1. The summed E-state index contributed by atoms with van der Waals surface area (Å²) >= 11 is 11.5. The number of hydrogen-bond donors (Lipinski definition) is 0. The summed E-state index contributed by atoms with van der Waals surface area (Å²) in [6, 6.07) is 16.4. The molecule has 0 saturated carbocycles. The normalized spacial score (nSPS) is 16.8. The van der Waals surface area contributed by atoms with Crippen molar-refractivity contribution in [1.29, 1.82) is 0 Å². The van der Waals surface area contributed by atoms with Gasteiger partial charge in [-0.05, 0) is 55.5 Å². The lowest BCUT2D eigenvalue weighted by molar-refractivity contribution is -0.159. The number of ether oxygens (including phenoxy) is 1. The van der Waals surface area contributed by atoms with Crippen LogP contribution in [-0.2, 0) is 14.3 Å². The van der Waals surface area contributed by atoms with Crippen LogP contribution >= 0.6 is 23.2 Å². The molecule has 0 radical (unpaired) electrons. The molecule has 168 valence electrons. The molecule has 0 aliphatic carbocycles. The zero-order chi connectivity index (χ0) is 22.6. The van der Waals surface area contributed by atoms with Gasteiger partial charge in [-0.3, -0.25) is 4.79 Å². The molecule has 2 aromatic rings. The molecule has 1 saturated heterocycles. The minimum absolute atomic E-state index is 0.0282. The predicted molar refractivity (Wildman–Crippen MR) is 126 cm³/mol. The number of hydrogen-bond acceptors (Lipinski definition) is 3. The summed E-state index contributed by atoms with van der Waals surface area (Å²) in [4.78, 5) is 26.8. The molecule has 1 fully saturated rings. The predicted octanol–water partition coefficient (Wildman–Crippen LogP) is 6.86. The third-order valence-corrected chi connectivity index (χ3v) is 5.72. The van der Waals surface area contributed by atoms with Crippen molar-refractivity contribution in [2.24, 2.45) is 0 Å². The largest absolute Gasteiger partial charge is 0.464 e. The number of unbranched alkanes of at least 4 members (excludes halogenated alkanes) is 1. The maximum absolute atomic E-state index is 12.6. The molecule has 31 heavy (non-hydrogen) atoms. The molecule has 1 heterocycles. The topological polar surface area (TPSA) is 46.6 Å². The van der Waals surface area contributed by atoms with E-state index in [-0.39, 0.29) is 17.9 Å². The number of amides is 1. The van der Waals surface area contributed by atoms with Crippen molar-refractivity contribution in [1.82, 2.24) is 4.90 Å². The van der Waals surface area contributed by atoms with E-state index < -0.39 is 6.04 Å². The zero-order valence-corrected chi connectivity index (χ0v) is 19.7. The smallest absolute Gasteiger partial charge is 0.328 e. The van der Waals surface area contributed by atoms with Crippen LogP contribution in [-0.4, -0.2) is 29.4 Å². The Morgan fingerprint density at radius 3 is 2.26 bits per heavy atom. The fourth-order valence-corrected chi connectivity index (χ4v) is 3.87. The second-order valence-corrected chi connectivity index (χ2v) is 8.37. The van der Waals surface area contributed by atoms with Crippen molar-refractivity contribution in [2.75, 3.05) is 6.61 Å². The van der Waals surface area contributed by atoms with E-state index in [2.05, 4.69) is 6.92 Å². The van der Waals surface area contributed by atoms with Gasteiger partial charge in [0.05, 0.1) is 12.6 Å². The highest BCUT2D eigenvalue weighted by Crippen LogP contribution is 2.34. The van der Waals surface area contributed by atoms with Crippen molar-refractivity contribution in [3.8, 4) is 0 Å². The van der Waals surface area contributed by atoms with Crippen molar-refractivity contribution >= 4 is 35.1 Å². The Labute approximate surface area is 195 Å². The number of carbonyl (C=O) groups is 2. The zero-order valence-electron chi connectivity index (χ0n) is 18.2. The Morgan fingerprint density at radius 2 is 1.71 bits per heavy atom. The summed E-state index contributed by atoms with van der Waals surface area (Å²) in [5, 5.41) is 1.46. The second-order valence-electron chi connectivity index (χ2n) is 7.50. The summed E-state index contributed by atoms with van der Waals surface area (Å²) < 4.78 is 5.39. The molecule has 0 N–H and O–H groups in total. The van der Waals surface area contributed by atoms with Crippen LogP contribution < -0.4 is 0 Å². The van der Waals surface area contributed by atoms with Gasteiger partial charge in [0.25, 0.3) is 0 Å². The molecule has 3 rings (SSSR count). The molecule has 0 spiro atoms. The van der Waals surface area contributed by atoms with Crippen molar-refractivity contribution in [3.63, 3.8) is 0 Å². The van der Waals surface area contributed by atoms with Crippen LogP contribution in [0.1, 0.15) is 64.0 Å². The average molecular weight is 464 g/mol. The first-order valence-corrected chi connectivity index (χ1v) is 11.7. The molecule has 2 atom stereocenters. The maximum atomic E-state index is 12.6. The summed E-state index contributed by atoms with van der Waals surface area (Å²) in [6.07, 6.45) is 4.55. The van der Waals surface area contributed by atoms with Crippen LogP contribution in [0.5, 0.6) is 0 Å². The van der Waals surface area contributed by atoms with Crippen molar-refractivity contribution < 1.29 is 14.3 Å². The Hall–Kier alpha value is -2.04. The van der Waals surface area contributed by atoms with Gasteiger partial charge in [0, 0.05) is 16.5 Å². The Balaban J connectivity index is 0.000000412. The first kappa shape index (κ1) is 25.2. The molecule has 0 bridgehead atoms. The maximum Gasteiger partial charge on any atom is 0.328 e. The SMILES string of the molecule is CCCCOC(=O)C(CC)N1C(=O)CCC[C@H]1c1ccc(Cl)cc1.Clc1ccccc1. The molecule has 0 aromatic heterocycles. The quantitative estimate of drug-likeness (QED) is 0.332. The van der Waals surface area contributed by atoms with Crippen LogP contribution in [0.3, 0.4) is 0 Å². The van der Waals surface area contributed by atoms with E-state index in [1.165, 1.54) is 0 Å². The van der Waals surface area contributed by atoms with Gasteiger partial charge in [-0.2, -0.15) is 0 Å². The van der Waals surface area contributed by atoms with Crippen molar-refractivity contribution in [3.05, 3.63) is 70.2 Å². The average Bonchev–Trinajstić information content (AvgIpc) is 2.77. The first-order chi connectivity index (χ1) is 15.0. The number of carbonyl (C=O) groups excluding carboxylic acids is 2. The molecule has 4 nitrogen and oxygen atoms in total. The molecule has 6 heteroatoms. The number of rotatable bonds is 7. The summed E-state index contributed by atoms with van der Waals surface area (Å²) in [5.74, 6) is -0.263. The lowest BCUT2D eigenvalue weighted by Crippen LogP contribution is -2.49. The molecule has 1 aliphatic rings. The number of likely N-dealkylation sites (tertiary alicyclic amines) is 1. The number of halogens is 2. The first-order valence-electron chi connectivity index (χ1n) is 10.9. The molecular formula is C25H31Cl2NO3.